The van der Waals surface area contributed by atoms with Crippen molar-refractivity contribution in [2.45, 2.75) is 19.8 Å². The van der Waals surface area contributed by atoms with Gasteiger partial charge in [0, 0.05) is 5.69 Å². The molecule has 0 saturated heterocycles. The summed E-state index contributed by atoms with van der Waals surface area (Å²) in [5.41, 5.74) is 1.65. The molecule has 0 spiro atoms. The van der Waals surface area contributed by atoms with E-state index in [1.54, 1.807) is 0 Å². The van der Waals surface area contributed by atoms with Crippen molar-refractivity contribution in [3.63, 3.8) is 0 Å². The average Bonchev–Trinajstić information content (AvgIpc) is 2.53. The van der Waals surface area contributed by atoms with Crippen molar-refractivity contribution in [2.75, 3.05) is 12.0 Å². The second-order valence-electron chi connectivity index (χ2n) is 4.94. The lowest BCUT2D eigenvalue weighted by Gasteiger charge is -2.10. The number of anilines is 1. The van der Waals surface area contributed by atoms with Gasteiger partial charge >= 0.3 is 6.03 Å². The van der Waals surface area contributed by atoms with E-state index in [1.807, 2.05) is 24.3 Å². The summed E-state index contributed by atoms with van der Waals surface area (Å²) in [6, 6.07) is 11.2. The lowest BCUT2D eigenvalue weighted by atomic mass is 10.1. The number of nitrogens with one attached hydrogen (secondary N) is 2. The summed E-state index contributed by atoms with van der Waals surface area (Å²) in [5, 5.41) is 5.04. The monoisotopic (exact) mass is 336 g/mol. The van der Waals surface area contributed by atoms with Gasteiger partial charge in [0.1, 0.15) is 11.6 Å². The highest BCUT2D eigenvalue weighted by Crippen LogP contribution is 2.19. The lowest BCUT2D eigenvalue weighted by molar-refractivity contribution is 0.234. The molecule has 0 fully saturated rings. The van der Waals surface area contributed by atoms with Crippen molar-refractivity contribution in [3.8, 4) is 5.75 Å². The van der Waals surface area contributed by atoms with Crippen LogP contribution in [0, 0.1) is 5.82 Å². The third kappa shape index (κ3) is 5.45. The molecule has 0 aliphatic rings. The highest BCUT2D eigenvalue weighted by Gasteiger charge is 2.05. The zero-order valence-electron chi connectivity index (χ0n) is 12.7. The molecule has 2 aromatic rings. The minimum atomic E-state index is -0.535. The molecule has 0 aromatic heterocycles. The van der Waals surface area contributed by atoms with Crippen LogP contribution in [-0.2, 0) is 6.42 Å². The summed E-state index contributed by atoms with van der Waals surface area (Å²) >= 11 is 5.65. The Morgan fingerprint density at radius 3 is 2.61 bits per heavy atom. The Labute approximate surface area is 139 Å². The Bertz CT molecular complexity index is 662. The molecule has 2 amide bonds. The summed E-state index contributed by atoms with van der Waals surface area (Å²) in [6.45, 7) is 2.15. The van der Waals surface area contributed by atoms with Crippen LogP contribution >= 0.6 is 11.6 Å². The minimum absolute atomic E-state index is 0.0217. The van der Waals surface area contributed by atoms with Crippen LogP contribution < -0.4 is 15.4 Å². The van der Waals surface area contributed by atoms with E-state index in [2.05, 4.69) is 17.6 Å². The SMILES string of the molecule is CCCc1ccc(OCNC(=O)Nc2ccc(F)c(Cl)c2)cc1. The minimum Gasteiger partial charge on any atom is -0.473 e. The zero-order chi connectivity index (χ0) is 16.7. The van der Waals surface area contributed by atoms with Crippen molar-refractivity contribution in [1.29, 1.82) is 0 Å². The van der Waals surface area contributed by atoms with Gasteiger partial charge in [-0.15, -0.1) is 0 Å². The molecule has 0 radical (unpaired) electrons. The van der Waals surface area contributed by atoms with Crippen LogP contribution in [0.15, 0.2) is 42.5 Å². The van der Waals surface area contributed by atoms with Crippen molar-refractivity contribution in [2.24, 2.45) is 0 Å². The summed E-state index contributed by atoms with van der Waals surface area (Å²) in [4.78, 5) is 11.7. The van der Waals surface area contributed by atoms with Gasteiger partial charge in [-0.05, 0) is 42.3 Å². The zero-order valence-corrected chi connectivity index (χ0v) is 13.5. The molecule has 0 heterocycles. The van der Waals surface area contributed by atoms with E-state index in [1.165, 1.54) is 23.8 Å². The largest absolute Gasteiger partial charge is 0.473 e. The number of rotatable bonds is 6. The normalized spacial score (nSPS) is 10.2. The first kappa shape index (κ1) is 17.1. The molecule has 4 nitrogen and oxygen atoms in total. The van der Waals surface area contributed by atoms with E-state index in [0.717, 1.165) is 12.8 Å². The number of hydrogen-bond acceptors (Lipinski definition) is 2. The number of carbonyl (C=O) groups is 1. The maximum absolute atomic E-state index is 13.0. The van der Waals surface area contributed by atoms with Gasteiger partial charge in [0.2, 0.25) is 0 Å². The number of carbonyl (C=O) groups excluding carboxylic acids is 1. The number of urea groups is 1. The van der Waals surface area contributed by atoms with Crippen LogP contribution in [0.25, 0.3) is 0 Å². The quantitative estimate of drug-likeness (QED) is 0.758. The number of halogens is 2. The molecule has 2 N–H and O–H groups in total. The second kappa shape index (κ2) is 8.39. The lowest BCUT2D eigenvalue weighted by Crippen LogP contribution is -2.32. The van der Waals surface area contributed by atoms with Crippen LogP contribution in [0.5, 0.6) is 5.75 Å². The van der Waals surface area contributed by atoms with Gasteiger partial charge < -0.3 is 15.4 Å². The molecule has 0 aliphatic heterocycles. The molecule has 2 rings (SSSR count). The summed E-state index contributed by atoms with van der Waals surface area (Å²) < 4.78 is 18.5. The van der Waals surface area contributed by atoms with Gasteiger partial charge in [0.25, 0.3) is 0 Å². The fourth-order valence-corrected chi connectivity index (χ4v) is 2.16. The highest BCUT2D eigenvalue weighted by molar-refractivity contribution is 6.31. The molecule has 122 valence electrons. The molecular formula is C17H18ClFN2O2. The van der Waals surface area contributed by atoms with E-state index in [-0.39, 0.29) is 11.8 Å². The van der Waals surface area contributed by atoms with E-state index in [4.69, 9.17) is 16.3 Å². The molecule has 0 bridgehead atoms. The van der Waals surface area contributed by atoms with Crippen LogP contribution in [0.3, 0.4) is 0 Å². The summed E-state index contributed by atoms with van der Waals surface area (Å²) in [7, 11) is 0. The van der Waals surface area contributed by atoms with Crippen LogP contribution in [0.1, 0.15) is 18.9 Å². The molecule has 0 saturated carbocycles. The maximum Gasteiger partial charge on any atom is 0.321 e. The Morgan fingerprint density at radius 1 is 1.22 bits per heavy atom. The number of aryl methyl sites for hydroxylation is 1. The molecule has 0 atom stereocenters. The van der Waals surface area contributed by atoms with Crippen LogP contribution in [0.4, 0.5) is 14.9 Å². The smallest absolute Gasteiger partial charge is 0.321 e. The van der Waals surface area contributed by atoms with E-state index < -0.39 is 11.8 Å². The molecule has 0 unspecified atom stereocenters. The predicted molar refractivity (Wildman–Crippen MR) is 89.5 cm³/mol. The second-order valence-corrected chi connectivity index (χ2v) is 5.35. The fourth-order valence-electron chi connectivity index (χ4n) is 1.98. The molecule has 6 heteroatoms. The Kier molecular flexibility index (Phi) is 6.23. The van der Waals surface area contributed by atoms with E-state index in [0.29, 0.717) is 11.4 Å². The topological polar surface area (TPSA) is 50.4 Å². The highest BCUT2D eigenvalue weighted by atomic mass is 35.5. The number of benzene rings is 2. The average molecular weight is 337 g/mol. The van der Waals surface area contributed by atoms with Gasteiger partial charge in [-0.25, -0.2) is 9.18 Å². The standard InChI is InChI=1S/C17H18ClFN2O2/c1-2-3-12-4-7-14(8-5-12)23-11-20-17(22)21-13-6-9-16(19)15(18)10-13/h4-10H,2-3,11H2,1H3,(H2,20,21,22). The van der Waals surface area contributed by atoms with Gasteiger partial charge in [-0.2, -0.15) is 0 Å². The predicted octanol–water partition coefficient (Wildman–Crippen LogP) is 4.59. The Hall–Kier alpha value is -2.27. The Morgan fingerprint density at radius 2 is 1.96 bits per heavy atom. The number of ether oxygens (including phenoxy) is 1. The van der Waals surface area contributed by atoms with Crippen molar-refractivity contribution < 1.29 is 13.9 Å². The van der Waals surface area contributed by atoms with Gasteiger partial charge in [0.05, 0.1) is 5.02 Å². The van der Waals surface area contributed by atoms with E-state index >= 15 is 0 Å². The molecule has 23 heavy (non-hydrogen) atoms. The number of amides is 2. The first-order valence-corrected chi connectivity index (χ1v) is 7.68. The molecule has 2 aromatic carbocycles. The molecule has 0 aliphatic carbocycles. The number of hydrogen-bond donors (Lipinski definition) is 2. The van der Waals surface area contributed by atoms with E-state index in [9.17, 15) is 9.18 Å². The van der Waals surface area contributed by atoms with Gasteiger partial charge in [-0.3, -0.25) is 0 Å². The van der Waals surface area contributed by atoms with Crippen molar-refractivity contribution in [1.82, 2.24) is 5.32 Å². The first-order valence-electron chi connectivity index (χ1n) is 7.30. The third-order valence-corrected chi connectivity index (χ3v) is 3.40. The van der Waals surface area contributed by atoms with Crippen LogP contribution in [-0.4, -0.2) is 12.8 Å². The fraction of sp³-hybridized carbons (Fsp3) is 0.235. The van der Waals surface area contributed by atoms with Gasteiger partial charge in [-0.1, -0.05) is 37.1 Å². The van der Waals surface area contributed by atoms with Crippen molar-refractivity contribution in [3.05, 3.63) is 58.9 Å². The summed E-state index contributed by atoms with van der Waals surface area (Å²) in [6.07, 6.45) is 2.12. The van der Waals surface area contributed by atoms with Gasteiger partial charge in [0.15, 0.2) is 6.73 Å². The first-order chi connectivity index (χ1) is 11.1. The summed E-state index contributed by atoms with van der Waals surface area (Å²) in [5.74, 6) is 0.141. The van der Waals surface area contributed by atoms with Crippen LogP contribution in [0.2, 0.25) is 5.02 Å². The Balaban J connectivity index is 1.76. The van der Waals surface area contributed by atoms with Crippen molar-refractivity contribution >= 4 is 23.3 Å². The maximum atomic E-state index is 13.0. The third-order valence-electron chi connectivity index (χ3n) is 3.11. The molecular weight excluding hydrogens is 319 g/mol.